The SMILES string of the molecule is CNc1ccc(COc2cc(C)c(Cl)c(C)c2)cn1. The number of rotatable bonds is 4. The third-order valence-electron chi connectivity index (χ3n) is 2.90. The third kappa shape index (κ3) is 3.38. The zero-order valence-electron chi connectivity index (χ0n) is 11.3. The van der Waals surface area contributed by atoms with Gasteiger partial charge in [-0.15, -0.1) is 0 Å². The molecule has 0 radical (unpaired) electrons. The smallest absolute Gasteiger partial charge is 0.125 e. The first-order chi connectivity index (χ1) is 9.10. The molecule has 0 aliphatic rings. The van der Waals surface area contributed by atoms with Crippen molar-refractivity contribution in [1.29, 1.82) is 0 Å². The van der Waals surface area contributed by atoms with Gasteiger partial charge >= 0.3 is 0 Å². The summed E-state index contributed by atoms with van der Waals surface area (Å²) in [6.07, 6.45) is 1.81. The van der Waals surface area contributed by atoms with Crippen molar-refractivity contribution < 1.29 is 4.74 Å². The predicted molar refractivity (Wildman–Crippen MR) is 79.0 cm³/mol. The van der Waals surface area contributed by atoms with Crippen molar-refractivity contribution >= 4 is 17.4 Å². The fourth-order valence-corrected chi connectivity index (χ4v) is 1.92. The molecule has 19 heavy (non-hydrogen) atoms. The Kier molecular flexibility index (Phi) is 4.27. The van der Waals surface area contributed by atoms with Crippen LogP contribution in [0.1, 0.15) is 16.7 Å². The Bertz CT molecular complexity index is 544. The summed E-state index contributed by atoms with van der Waals surface area (Å²) in [7, 11) is 1.85. The van der Waals surface area contributed by atoms with Gasteiger partial charge in [0.1, 0.15) is 18.2 Å². The lowest BCUT2D eigenvalue weighted by Crippen LogP contribution is -1.98. The number of benzene rings is 1. The van der Waals surface area contributed by atoms with Crippen LogP contribution in [0, 0.1) is 13.8 Å². The molecule has 1 N–H and O–H groups in total. The first kappa shape index (κ1) is 13.7. The van der Waals surface area contributed by atoms with Crippen LogP contribution in [0.15, 0.2) is 30.5 Å². The van der Waals surface area contributed by atoms with Gasteiger partial charge in [0, 0.05) is 23.8 Å². The van der Waals surface area contributed by atoms with Crippen molar-refractivity contribution in [2.75, 3.05) is 12.4 Å². The number of aromatic nitrogens is 1. The molecule has 4 heteroatoms. The predicted octanol–water partition coefficient (Wildman–Crippen LogP) is 3.97. The lowest BCUT2D eigenvalue weighted by Gasteiger charge is -2.10. The van der Waals surface area contributed by atoms with E-state index in [1.165, 1.54) is 0 Å². The molecule has 2 rings (SSSR count). The summed E-state index contributed by atoms with van der Waals surface area (Å²) in [6, 6.07) is 7.82. The quantitative estimate of drug-likeness (QED) is 0.917. The number of hydrogen-bond acceptors (Lipinski definition) is 3. The molecule has 0 saturated heterocycles. The van der Waals surface area contributed by atoms with E-state index in [-0.39, 0.29) is 0 Å². The Morgan fingerprint density at radius 2 is 1.89 bits per heavy atom. The maximum Gasteiger partial charge on any atom is 0.125 e. The number of aryl methyl sites for hydroxylation is 2. The van der Waals surface area contributed by atoms with Gasteiger partial charge in [-0.2, -0.15) is 0 Å². The lowest BCUT2D eigenvalue weighted by atomic mass is 10.1. The van der Waals surface area contributed by atoms with Gasteiger partial charge < -0.3 is 10.1 Å². The number of nitrogens with one attached hydrogen (secondary N) is 1. The minimum absolute atomic E-state index is 0.498. The number of pyridine rings is 1. The van der Waals surface area contributed by atoms with Gasteiger partial charge in [-0.1, -0.05) is 17.7 Å². The summed E-state index contributed by atoms with van der Waals surface area (Å²) in [5, 5.41) is 3.78. The summed E-state index contributed by atoms with van der Waals surface area (Å²) in [6.45, 7) is 4.45. The van der Waals surface area contributed by atoms with E-state index in [0.29, 0.717) is 6.61 Å². The van der Waals surface area contributed by atoms with Crippen LogP contribution < -0.4 is 10.1 Å². The summed E-state index contributed by atoms with van der Waals surface area (Å²) < 4.78 is 5.76. The highest BCUT2D eigenvalue weighted by Gasteiger charge is 2.04. The molecule has 1 aromatic heterocycles. The van der Waals surface area contributed by atoms with E-state index in [0.717, 1.165) is 33.3 Å². The van der Waals surface area contributed by atoms with Gasteiger partial charge in [0.2, 0.25) is 0 Å². The number of anilines is 1. The van der Waals surface area contributed by atoms with Crippen LogP contribution in [-0.4, -0.2) is 12.0 Å². The Balaban J connectivity index is 2.05. The van der Waals surface area contributed by atoms with Gasteiger partial charge in [-0.25, -0.2) is 4.98 Å². The number of nitrogens with zero attached hydrogens (tertiary/aromatic N) is 1. The molecular formula is C15H17ClN2O. The zero-order valence-corrected chi connectivity index (χ0v) is 12.1. The second kappa shape index (κ2) is 5.93. The summed E-state index contributed by atoms with van der Waals surface area (Å²) in [5.41, 5.74) is 3.09. The Morgan fingerprint density at radius 1 is 1.21 bits per heavy atom. The average molecular weight is 277 g/mol. The van der Waals surface area contributed by atoms with E-state index in [1.807, 2.05) is 51.4 Å². The number of hydrogen-bond donors (Lipinski definition) is 1. The Morgan fingerprint density at radius 3 is 2.42 bits per heavy atom. The highest BCUT2D eigenvalue weighted by atomic mass is 35.5. The zero-order chi connectivity index (χ0) is 13.8. The van der Waals surface area contributed by atoms with E-state index in [9.17, 15) is 0 Å². The average Bonchev–Trinajstić information content (AvgIpc) is 2.43. The number of ether oxygens (including phenoxy) is 1. The fraction of sp³-hybridized carbons (Fsp3) is 0.267. The minimum atomic E-state index is 0.498. The second-order valence-corrected chi connectivity index (χ2v) is 4.84. The second-order valence-electron chi connectivity index (χ2n) is 4.46. The summed E-state index contributed by atoms with van der Waals surface area (Å²) in [5.74, 6) is 1.68. The molecule has 0 amide bonds. The third-order valence-corrected chi connectivity index (χ3v) is 3.49. The van der Waals surface area contributed by atoms with Crippen molar-refractivity contribution in [1.82, 2.24) is 4.98 Å². The summed E-state index contributed by atoms with van der Waals surface area (Å²) in [4.78, 5) is 4.25. The molecule has 0 aliphatic heterocycles. The van der Waals surface area contributed by atoms with Crippen LogP contribution >= 0.6 is 11.6 Å². The van der Waals surface area contributed by atoms with Gasteiger partial charge in [0.15, 0.2) is 0 Å². The molecule has 0 bridgehead atoms. The first-order valence-electron chi connectivity index (χ1n) is 6.12. The van der Waals surface area contributed by atoms with Crippen molar-refractivity contribution in [3.63, 3.8) is 0 Å². The van der Waals surface area contributed by atoms with Crippen molar-refractivity contribution in [2.45, 2.75) is 20.5 Å². The molecule has 1 aromatic carbocycles. The molecular weight excluding hydrogens is 260 g/mol. The molecule has 1 heterocycles. The maximum atomic E-state index is 6.13. The van der Waals surface area contributed by atoms with Crippen LogP contribution in [0.2, 0.25) is 5.02 Å². The van der Waals surface area contributed by atoms with E-state index in [4.69, 9.17) is 16.3 Å². The molecule has 0 spiro atoms. The van der Waals surface area contributed by atoms with Crippen LogP contribution in [-0.2, 0) is 6.61 Å². The van der Waals surface area contributed by atoms with Crippen LogP contribution in [0.4, 0.5) is 5.82 Å². The van der Waals surface area contributed by atoms with Gasteiger partial charge in [0.05, 0.1) is 0 Å². The summed E-state index contributed by atoms with van der Waals surface area (Å²) >= 11 is 6.13. The van der Waals surface area contributed by atoms with E-state index in [1.54, 1.807) is 0 Å². The first-order valence-corrected chi connectivity index (χ1v) is 6.50. The van der Waals surface area contributed by atoms with E-state index < -0.39 is 0 Å². The van der Waals surface area contributed by atoms with E-state index >= 15 is 0 Å². The molecule has 0 saturated carbocycles. The van der Waals surface area contributed by atoms with Crippen LogP contribution in [0.3, 0.4) is 0 Å². The maximum absolute atomic E-state index is 6.13. The monoisotopic (exact) mass is 276 g/mol. The lowest BCUT2D eigenvalue weighted by molar-refractivity contribution is 0.305. The minimum Gasteiger partial charge on any atom is -0.489 e. The van der Waals surface area contributed by atoms with E-state index in [2.05, 4.69) is 10.3 Å². The molecule has 2 aromatic rings. The normalized spacial score (nSPS) is 10.3. The molecule has 0 atom stereocenters. The van der Waals surface area contributed by atoms with Crippen molar-refractivity contribution in [2.24, 2.45) is 0 Å². The van der Waals surface area contributed by atoms with Gasteiger partial charge in [-0.05, 0) is 43.2 Å². The standard InChI is InChI=1S/C15H17ClN2O/c1-10-6-13(7-11(2)15(10)16)19-9-12-4-5-14(17-3)18-8-12/h4-8H,9H2,1-3H3,(H,17,18). The fourth-order valence-electron chi connectivity index (χ4n) is 1.81. The van der Waals surface area contributed by atoms with Gasteiger partial charge in [-0.3, -0.25) is 0 Å². The molecule has 0 aliphatic carbocycles. The van der Waals surface area contributed by atoms with Gasteiger partial charge in [0.25, 0.3) is 0 Å². The molecule has 3 nitrogen and oxygen atoms in total. The highest BCUT2D eigenvalue weighted by Crippen LogP contribution is 2.26. The van der Waals surface area contributed by atoms with Crippen LogP contribution in [0.25, 0.3) is 0 Å². The Labute approximate surface area is 118 Å². The number of halogens is 1. The molecule has 0 unspecified atom stereocenters. The Hall–Kier alpha value is -1.74. The van der Waals surface area contributed by atoms with Crippen molar-refractivity contribution in [3.05, 3.63) is 52.2 Å². The largest absolute Gasteiger partial charge is 0.489 e. The van der Waals surface area contributed by atoms with Crippen molar-refractivity contribution in [3.8, 4) is 5.75 Å². The molecule has 100 valence electrons. The van der Waals surface area contributed by atoms with Crippen LogP contribution in [0.5, 0.6) is 5.75 Å². The molecule has 0 fully saturated rings. The highest BCUT2D eigenvalue weighted by molar-refractivity contribution is 6.32. The topological polar surface area (TPSA) is 34.1 Å².